The number of ether oxygens (including phenoxy) is 1. The second-order valence-electron chi connectivity index (χ2n) is 6.85. The number of carbonyl (C=O) groups is 3. The lowest BCUT2D eigenvalue weighted by atomic mass is 10.1. The number of hydrazone groups is 1. The molecule has 0 atom stereocenters. The van der Waals surface area contributed by atoms with Crippen LogP contribution in [0.2, 0.25) is 0 Å². The number of nitrogens with zero attached hydrogens (tertiary/aromatic N) is 1. The summed E-state index contributed by atoms with van der Waals surface area (Å²) in [6.45, 7) is 3.82. The Kier molecular flexibility index (Phi) is 6.90. The Bertz CT molecular complexity index is 1120. The average Bonchev–Trinajstić information content (AvgIpc) is 2.76. The Labute approximate surface area is 179 Å². The van der Waals surface area contributed by atoms with Crippen molar-refractivity contribution in [2.75, 3.05) is 5.32 Å². The van der Waals surface area contributed by atoms with Crippen LogP contribution in [-0.2, 0) is 9.59 Å². The lowest BCUT2D eigenvalue weighted by Crippen LogP contribution is -2.32. The summed E-state index contributed by atoms with van der Waals surface area (Å²) in [5, 5.41) is 6.26. The Hall–Kier alpha value is -4.26. The van der Waals surface area contributed by atoms with E-state index in [1.165, 1.54) is 6.21 Å². The van der Waals surface area contributed by atoms with E-state index in [0.29, 0.717) is 22.6 Å². The lowest BCUT2D eigenvalue weighted by Gasteiger charge is -2.05. The van der Waals surface area contributed by atoms with E-state index in [0.717, 1.165) is 11.1 Å². The van der Waals surface area contributed by atoms with Crippen LogP contribution in [-0.4, -0.2) is 24.0 Å². The molecule has 0 radical (unpaired) electrons. The summed E-state index contributed by atoms with van der Waals surface area (Å²) < 4.78 is 5.34. The number of amides is 2. The first-order valence-electron chi connectivity index (χ1n) is 9.51. The largest absolute Gasteiger partial charge is 0.423 e. The number of hydrogen-bond acceptors (Lipinski definition) is 5. The number of nitrogens with one attached hydrogen (secondary N) is 2. The summed E-state index contributed by atoms with van der Waals surface area (Å²) in [6.07, 6.45) is 1.38. The van der Waals surface area contributed by atoms with Gasteiger partial charge in [0, 0.05) is 5.69 Å². The summed E-state index contributed by atoms with van der Waals surface area (Å²) in [5.74, 6) is -1.78. The molecule has 0 aromatic heterocycles. The fraction of sp³-hybridized carbons (Fsp3) is 0.0833. The number of aryl methyl sites for hydroxylation is 2. The van der Waals surface area contributed by atoms with Gasteiger partial charge in [-0.15, -0.1) is 0 Å². The second-order valence-corrected chi connectivity index (χ2v) is 6.85. The summed E-state index contributed by atoms with van der Waals surface area (Å²) in [5.41, 5.74) is 5.82. The molecule has 31 heavy (non-hydrogen) atoms. The van der Waals surface area contributed by atoms with Crippen molar-refractivity contribution in [2.24, 2.45) is 5.10 Å². The lowest BCUT2D eigenvalue weighted by molar-refractivity contribution is -0.136. The minimum Gasteiger partial charge on any atom is -0.423 e. The molecule has 2 amide bonds. The predicted octanol–water partition coefficient (Wildman–Crippen LogP) is 3.61. The first kappa shape index (κ1) is 21.4. The van der Waals surface area contributed by atoms with Crippen LogP contribution in [0.5, 0.6) is 5.75 Å². The number of anilines is 1. The smallest absolute Gasteiger partial charge is 0.343 e. The van der Waals surface area contributed by atoms with Gasteiger partial charge in [-0.1, -0.05) is 35.4 Å². The monoisotopic (exact) mass is 415 g/mol. The maximum absolute atomic E-state index is 12.2. The molecule has 156 valence electrons. The Morgan fingerprint density at radius 3 is 2.23 bits per heavy atom. The van der Waals surface area contributed by atoms with Gasteiger partial charge in [0.25, 0.3) is 0 Å². The molecule has 3 rings (SSSR count). The number of esters is 1. The molecule has 7 heteroatoms. The quantitative estimate of drug-likeness (QED) is 0.219. The molecule has 3 aromatic rings. The predicted molar refractivity (Wildman–Crippen MR) is 118 cm³/mol. The molecule has 0 aliphatic rings. The van der Waals surface area contributed by atoms with E-state index in [1.807, 2.05) is 32.0 Å². The molecule has 7 nitrogen and oxygen atoms in total. The number of rotatable bonds is 5. The number of carbonyl (C=O) groups excluding carboxylic acids is 3. The maximum atomic E-state index is 12.2. The molecule has 0 aliphatic carbocycles. The Balaban J connectivity index is 1.50. The average molecular weight is 415 g/mol. The molecule has 0 fully saturated rings. The van der Waals surface area contributed by atoms with E-state index >= 15 is 0 Å². The van der Waals surface area contributed by atoms with Gasteiger partial charge >= 0.3 is 17.8 Å². The van der Waals surface area contributed by atoms with Crippen molar-refractivity contribution in [2.45, 2.75) is 13.8 Å². The highest BCUT2D eigenvalue weighted by Crippen LogP contribution is 2.14. The van der Waals surface area contributed by atoms with Gasteiger partial charge in [-0.05, 0) is 67.9 Å². The molecule has 0 unspecified atom stereocenters. The Morgan fingerprint density at radius 1 is 0.839 bits per heavy atom. The molecule has 0 aliphatic heterocycles. The van der Waals surface area contributed by atoms with Gasteiger partial charge < -0.3 is 10.1 Å². The minimum absolute atomic E-state index is 0.380. The molecule has 0 bridgehead atoms. The van der Waals surface area contributed by atoms with Crippen molar-refractivity contribution in [1.82, 2.24) is 5.43 Å². The SMILES string of the molecule is Cc1ccc(NC(=O)C(=O)N/N=C\c2ccc(OC(=O)c3cccc(C)c3)cc2)cc1. The molecule has 0 saturated carbocycles. The van der Waals surface area contributed by atoms with Crippen LogP contribution < -0.4 is 15.5 Å². The van der Waals surface area contributed by atoms with Crippen LogP contribution in [0.25, 0.3) is 0 Å². The van der Waals surface area contributed by atoms with Crippen molar-refractivity contribution in [3.05, 3.63) is 95.1 Å². The van der Waals surface area contributed by atoms with Gasteiger partial charge in [0.2, 0.25) is 0 Å². The third kappa shape index (κ3) is 6.37. The molecule has 3 aromatic carbocycles. The van der Waals surface area contributed by atoms with Crippen LogP contribution >= 0.6 is 0 Å². The van der Waals surface area contributed by atoms with Gasteiger partial charge in [-0.3, -0.25) is 9.59 Å². The van der Waals surface area contributed by atoms with E-state index in [2.05, 4.69) is 15.8 Å². The zero-order valence-corrected chi connectivity index (χ0v) is 17.1. The fourth-order valence-corrected chi connectivity index (χ4v) is 2.60. The van der Waals surface area contributed by atoms with E-state index < -0.39 is 17.8 Å². The highest BCUT2D eigenvalue weighted by molar-refractivity contribution is 6.39. The van der Waals surface area contributed by atoms with Gasteiger partial charge in [0.15, 0.2) is 0 Å². The van der Waals surface area contributed by atoms with E-state index in [4.69, 9.17) is 4.74 Å². The van der Waals surface area contributed by atoms with Gasteiger partial charge in [0.05, 0.1) is 11.8 Å². The molecule has 0 saturated heterocycles. The van der Waals surface area contributed by atoms with E-state index in [9.17, 15) is 14.4 Å². The van der Waals surface area contributed by atoms with E-state index in [-0.39, 0.29) is 0 Å². The van der Waals surface area contributed by atoms with Crippen LogP contribution in [0.3, 0.4) is 0 Å². The molecule has 2 N–H and O–H groups in total. The van der Waals surface area contributed by atoms with Crippen molar-refractivity contribution in [1.29, 1.82) is 0 Å². The highest BCUT2D eigenvalue weighted by Gasteiger charge is 2.12. The van der Waals surface area contributed by atoms with Gasteiger partial charge in [0.1, 0.15) is 5.75 Å². The second kappa shape index (κ2) is 9.98. The van der Waals surface area contributed by atoms with Crippen LogP contribution in [0.4, 0.5) is 5.69 Å². The standard InChI is InChI=1S/C24H21N3O4/c1-16-6-10-20(11-7-16)26-22(28)23(29)27-25-15-18-8-12-21(13-9-18)31-24(30)19-5-3-4-17(2)14-19/h3-15H,1-2H3,(H,26,28)(H,27,29)/b25-15-. The summed E-state index contributed by atoms with van der Waals surface area (Å²) in [6, 6.07) is 20.8. The summed E-state index contributed by atoms with van der Waals surface area (Å²) in [4.78, 5) is 35.9. The Morgan fingerprint density at radius 2 is 1.55 bits per heavy atom. The first-order valence-corrected chi connectivity index (χ1v) is 9.51. The topological polar surface area (TPSA) is 96.9 Å². The fourth-order valence-electron chi connectivity index (χ4n) is 2.60. The van der Waals surface area contributed by atoms with Crippen molar-refractivity contribution in [3.63, 3.8) is 0 Å². The minimum atomic E-state index is -0.888. The third-order valence-electron chi connectivity index (χ3n) is 4.24. The van der Waals surface area contributed by atoms with E-state index in [1.54, 1.807) is 54.6 Å². The first-order chi connectivity index (χ1) is 14.9. The highest BCUT2D eigenvalue weighted by atomic mass is 16.5. The molecule has 0 heterocycles. The number of benzene rings is 3. The van der Waals surface area contributed by atoms with Crippen LogP contribution in [0, 0.1) is 13.8 Å². The van der Waals surface area contributed by atoms with Crippen molar-refractivity contribution in [3.8, 4) is 5.75 Å². The molecular weight excluding hydrogens is 394 g/mol. The van der Waals surface area contributed by atoms with Gasteiger partial charge in [-0.25, -0.2) is 10.2 Å². The maximum Gasteiger partial charge on any atom is 0.343 e. The summed E-state index contributed by atoms with van der Waals surface area (Å²) >= 11 is 0. The zero-order valence-electron chi connectivity index (χ0n) is 17.1. The van der Waals surface area contributed by atoms with Crippen LogP contribution in [0.15, 0.2) is 77.9 Å². The molecule has 0 spiro atoms. The van der Waals surface area contributed by atoms with Crippen molar-refractivity contribution >= 4 is 29.7 Å². The zero-order chi connectivity index (χ0) is 22.2. The van der Waals surface area contributed by atoms with Crippen LogP contribution in [0.1, 0.15) is 27.0 Å². The van der Waals surface area contributed by atoms with Crippen molar-refractivity contribution < 1.29 is 19.1 Å². The normalized spacial score (nSPS) is 10.5. The number of hydrogen-bond donors (Lipinski definition) is 2. The third-order valence-corrected chi connectivity index (χ3v) is 4.24. The molecular formula is C24H21N3O4. The summed E-state index contributed by atoms with van der Waals surface area (Å²) in [7, 11) is 0. The van der Waals surface area contributed by atoms with Gasteiger partial charge in [-0.2, -0.15) is 5.10 Å².